The molecule has 0 aliphatic carbocycles. The Morgan fingerprint density at radius 3 is 1.86 bits per heavy atom. The van der Waals surface area contributed by atoms with Crippen LogP contribution < -0.4 is 0 Å². The molecule has 0 aliphatic rings. The summed E-state index contributed by atoms with van der Waals surface area (Å²) in [6.07, 6.45) is 2.57. The molecule has 0 saturated carbocycles. The summed E-state index contributed by atoms with van der Waals surface area (Å²) in [5.41, 5.74) is 0.890. The fraction of sp³-hybridized carbons (Fsp3) is 1.00. The van der Waals surface area contributed by atoms with Gasteiger partial charge in [0.25, 0.3) is 0 Å². The predicted octanol–water partition coefficient (Wildman–Crippen LogP) is 1.92. The van der Waals surface area contributed by atoms with Gasteiger partial charge in [-0.1, -0.05) is 26.7 Å². The molecule has 0 unspecified atom stereocenters. The summed E-state index contributed by atoms with van der Waals surface area (Å²) in [5.74, 6) is 0. The van der Waals surface area contributed by atoms with E-state index in [9.17, 15) is 0 Å². The highest BCUT2D eigenvalue weighted by molar-refractivity contribution is 6.94. The first-order valence-electron chi connectivity index (χ1n) is 2.91. The Morgan fingerprint density at radius 1 is 1.43 bits per heavy atom. The van der Waals surface area contributed by atoms with Crippen molar-refractivity contribution in [2.24, 2.45) is 0 Å². The van der Waals surface area contributed by atoms with Crippen LogP contribution in [0.2, 0.25) is 5.54 Å². The van der Waals surface area contributed by atoms with E-state index >= 15 is 0 Å². The van der Waals surface area contributed by atoms with Crippen molar-refractivity contribution in [1.29, 1.82) is 0 Å². The zero-order chi connectivity index (χ0) is 5.70. The topological polar surface area (TPSA) is 0 Å². The summed E-state index contributed by atoms with van der Waals surface area (Å²) in [5, 5.41) is 0. The largest absolute Gasteiger partial charge is 0.176 e. The summed E-state index contributed by atoms with van der Waals surface area (Å²) in [4.78, 5) is 0. The van der Waals surface area contributed by atoms with E-state index in [0.717, 1.165) is 5.54 Å². The molecule has 2 heteroatoms. The first-order valence-corrected chi connectivity index (χ1v) is 5.86. The van der Waals surface area contributed by atoms with Gasteiger partial charge in [0.05, 0.1) is 0 Å². The Kier molecular flexibility index (Phi) is 5.00. The molecule has 0 aromatic carbocycles. The van der Waals surface area contributed by atoms with Gasteiger partial charge in [-0.25, -0.2) is 0 Å². The maximum absolute atomic E-state index is 5.71. The van der Waals surface area contributed by atoms with Crippen molar-refractivity contribution >= 4 is 19.9 Å². The van der Waals surface area contributed by atoms with Gasteiger partial charge in [-0.05, 0) is 5.54 Å². The predicted molar refractivity (Wildman–Crippen MR) is 38.7 cm³/mol. The monoisotopic (exact) mass is 136 g/mol. The molecule has 0 aromatic heterocycles. The molecule has 0 heterocycles. The van der Waals surface area contributed by atoms with Gasteiger partial charge in [-0.15, -0.1) is 0 Å². The van der Waals surface area contributed by atoms with Crippen molar-refractivity contribution in [2.75, 3.05) is 0 Å². The fourth-order valence-electron chi connectivity index (χ4n) is 0.507. The molecule has 0 nitrogen and oxygen atoms in total. The molecule has 0 fully saturated rings. The van der Waals surface area contributed by atoms with Crippen LogP contribution in [0.25, 0.3) is 0 Å². The van der Waals surface area contributed by atoms with E-state index in [1.165, 1.54) is 12.8 Å². The average Bonchev–Trinajstić information content (AvgIpc) is 1.72. The van der Waals surface area contributed by atoms with Crippen LogP contribution in [0.5, 0.6) is 0 Å². The highest BCUT2D eigenvalue weighted by atomic mass is 35.6. The lowest BCUT2D eigenvalue weighted by atomic mass is 10.3. The first kappa shape index (κ1) is 7.51. The summed E-state index contributed by atoms with van der Waals surface area (Å²) in [6, 6.07) is 0. The van der Waals surface area contributed by atoms with Gasteiger partial charge in [0, 0.05) is 0 Å². The normalized spacial score (nSPS) is 12.0. The van der Waals surface area contributed by atoms with Gasteiger partial charge in [-0.3, -0.25) is 0 Å². The molecule has 7 heavy (non-hydrogen) atoms. The minimum atomic E-state index is -0.200. The van der Waals surface area contributed by atoms with Crippen LogP contribution >= 0.6 is 11.1 Å². The van der Waals surface area contributed by atoms with Crippen molar-refractivity contribution in [2.45, 2.75) is 32.2 Å². The van der Waals surface area contributed by atoms with Crippen LogP contribution in [-0.4, -0.2) is 8.83 Å². The van der Waals surface area contributed by atoms with E-state index in [2.05, 4.69) is 13.8 Å². The standard InChI is InChI=1S/C5H13ClSi/c1-3-5(4-2)7-6/h5H,3-4,7H2,1-2H3. The number of hydrogen-bond acceptors (Lipinski definition) is 0. The fourth-order valence-corrected chi connectivity index (χ4v) is 2.25. The van der Waals surface area contributed by atoms with Crippen LogP contribution in [-0.2, 0) is 0 Å². The van der Waals surface area contributed by atoms with Gasteiger partial charge >= 0.3 is 0 Å². The molecular formula is C5H13ClSi. The molecule has 0 atom stereocenters. The van der Waals surface area contributed by atoms with E-state index in [-0.39, 0.29) is 8.83 Å². The second-order valence-electron chi connectivity index (χ2n) is 1.84. The Hall–Kier alpha value is 0.507. The molecule has 0 radical (unpaired) electrons. The number of hydrogen-bond donors (Lipinski definition) is 0. The van der Waals surface area contributed by atoms with Crippen molar-refractivity contribution in [1.82, 2.24) is 0 Å². The molecule has 0 saturated heterocycles. The lowest BCUT2D eigenvalue weighted by molar-refractivity contribution is 0.766. The lowest BCUT2D eigenvalue weighted by Crippen LogP contribution is -1.92. The molecular weight excluding hydrogens is 124 g/mol. The zero-order valence-electron chi connectivity index (χ0n) is 5.08. The van der Waals surface area contributed by atoms with Gasteiger partial charge in [0.1, 0.15) is 8.83 Å². The maximum atomic E-state index is 5.71. The average molecular weight is 137 g/mol. The first-order chi connectivity index (χ1) is 3.35. The van der Waals surface area contributed by atoms with Crippen molar-refractivity contribution in [3.8, 4) is 0 Å². The molecule has 44 valence electrons. The molecule has 0 amide bonds. The zero-order valence-corrected chi connectivity index (χ0v) is 7.25. The van der Waals surface area contributed by atoms with Crippen LogP contribution in [0.3, 0.4) is 0 Å². The Morgan fingerprint density at radius 2 is 1.86 bits per heavy atom. The molecule has 0 aromatic rings. The second-order valence-corrected chi connectivity index (χ2v) is 4.23. The third kappa shape index (κ3) is 3.12. The SMILES string of the molecule is CCC(CC)[SiH2]Cl. The summed E-state index contributed by atoms with van der Waals surface area (Å²) in [6.45, 7) is 4.42. The number of rotatable bonds is 3. The molecule has 0 spiro atoms. The van der Waals surface area contributed by atoms with Gasteiger partial charge in [0.15, 0.2) is 0 Å². The summed E-state index contributed by atoms with van der Waals surface area (Å²) in [7, 11) is -0.200. The van der Waals surface area contributed by atoms with Crippen molar-refractivity contribution < 1.29 is 0 Å². The lowest BCUT2D eigenvalue weighted by Gasteiger charge is -2.03. The third-order valence-electron chi connectivity index (χ3n) is 1.37. The number of halogens is 1. The van der Waals surface area contributed by atoms with E-state index in [4.69, 9.17) is 11.1 Å². The molecule has 0 aliphatic heterocycles. The summed E-state index contributed by atoms with van der Waals surface area (Å²) < 4.78 is 0. The van der Waals surface area contributed by atoms with E-state index in [0.29, 0.717) is 0 Å². The Bertz CT molecular complexity index is 29.6. The minimum absolute atomic E-state index is 0.200. The van der Waals surface area contributed by atoms with Crippen LogP contribution in [0.1, 0.15) is 26.7 Å². The van der Waals surface area contributed by atoms with E-state index in [1.54, 1.807) is 0 Å². The third-order valence-corrected chi connectivity index (χ3v) is 4.27. The quantitative estimate of drug-likeness (QED) is 0.411. The molecule has 0 N–H and O–H groups in total. The van der Waals surface area contributed by atoms with Crippen molar-refractivity contribution in [3.05, 3.63) is 0 Å². The van der Waals surface area contributed by atoms with Crippen LogP contribution in [0.4, 0.5) is 0 Å². The highest BCUT2D eigenvalue weighted by Crippen LogP contribution is 2.13. The van der Waals surface area contributed by atoms with Crippen LogP contribution in [0, 0.1) is 0 Å². The smallest absolute Gasteiger partial charge is 0.128 e. The Labute approximate surface area is 52.8 Å². The Balaban J connectivity index is 2.99. The van der Waals surface area contributed by atoms with Gasteiger partial charge < -0.3 is 0 Å². The van der Waals surface area contributed by atoms with E-state index in [1.807, 2.05) is 0 Å². The molecule has 0 bridgehead atoms. The highest BCUT2D eigenvalue weighted by Gasteiger charge is 1.98. The summed E-state index contributed by atoms with van der Waals surface area (Å²) >= 11 is 5.71. The minimum Gasteiger partial charge on any atom is -0.176 e. The van der Waals surface area contributed by atoms with Crippen molar-refractivity contribution in [3.63, 3.8) is 0 Å². The van der Waals surface area contributed by atoms with Gasteiger partial charge in [0.2, 0.25) is 0 Å². The van der Waals surface area contributed by atoms with Crippen LogP contribution in [0.15, 0.2) is 0 Å². The second kappa shape index (κ2) is 4.66. The maximum Gasteiger partial charge on any atom is 0.128 e. The van der Waals surface area contributed by atoms with E-state index < -0.39 is 0 Å². The molecule has 0 rings (SSSR count). The van der Waals surface area contributed by atoms with Gasteiger partial charge in [-0.2, -0.15) is 11.1 Å².